The van der Waals surface area contributed by atoms with E-state index in [1.807, 2.05) is 0 Å². The number of carbonyl (C=O) groups is 1. The van der Waals surface area contributed by atoms with Crippen LogP contribution < -0.4 is 11.1 Å². The van der Waals surface area contributed by atoms with Crippen molar-refractivity contribution in [2.75, 3.05) is 5.32 Å². The molecule has 0 aliphatic rings. The minimum atomic E-state index is -0.271. The number of rotatable bonds is 4. The van der Waals surface area contributed by atoms with E-state index in [2.05, 4.69) is 15.4 Å². The molecule has 98 valence electrons. The van der Waals surface area contributed by atoms with Gasteiger partial charge in [0, 0.05) is 0 Å². The summed E-state index contributed by atoms with van der Waals surface area (Å²) in [6.45, 7) is 0.000830. The number of aromatic nitrogens is 3. The van der Waals surface area contributed by atoms with Crippen LogP contribution in [-0.4, -0.2) is 25.7 Å². The minimum Gasteiger partial charge on any atom is -0.387 e. The molecule has 1 heterocycles. The molecule has 2 aromatic rings. The lowest BCUT2D eigenvalue weighted by Gasteiger charge is -2.06. The average Bonchev–Trinajstić information content (AvgIpc) is 2.80. The number of carbonyl (C=O) groups excluding carboxylic acids is 1. The van der Waals surface area contributed by atoms with Crippen molar-refractivity contribution < 1.29 is 4.79 Å². The van der Waals surface area contributed by atoms with Crippen molar-refractivity contribution in [3.8, 4) is 0 Å². The van der Waals surface area contributed by atoms with Crippen LogP contribution in [0.25, 0.3) is 0 Å². The third-order valence-electron chi connectivity index (χ3n) is 2.21. The largest absolute Gasteiger partial charge is 0.387 e. The van der Waals surface area contributed by atoms with E-state index in [4.69, 9.17) is 29.6 Å². The van der Waals surface area contributed by atoms with Crippen LogP contribution in [0.1, 0.15) is 5.82 Å². The van der Waals surface area contributed by atoms with E-state index in [0.29, 0.717) is 10.7 Å². The second-order valence-electron chi connectivity index (χ2n) is 3.66. The van der Waals surface area contributed by atoms with Crippen LogP contribution in [-0.2, 0) is 11.3 Å². The van der Waals surface area contributed by atoms with Crippen molar-refractivity contribution in [1.29, 1.82) is 0 Å². The number of halogens is 1. The fraction of sp³-hybridized carbons (Fsp3) is 0.0909. The molecule has 0 fully saturated rings. The normalized spacial score (nSPS) is 10.2. The van der Waals surface area contributed by atoms with E-state index in [1.165, 1.54) is 11.0 Å². The van der Waals surface area contributed by atoms with E-state index < -0.39 is 0 Å². The topological polar surface area (TPSA) is 85.8 Å². The molecule has 0 unspecified atom stereocenters. The molecule has 19 heavy (non-hydrogen) atoms. The van der Waals surface area contributed by atoms with Crippen LogP contribution in [0.5, 0.6) is 0 Å². The number of amides is 1. The first-order chi connectivity index (χ1) is 9.06. The third kappa shape index (κ3) is 3.49. The van der Waals surface area contributed by atoms with Gasteiger partial charge in [-0.1, -0.05) is 36.0 Å². The van der Waals surface area contributed by atoms with Crippen LogP contribution in [0.3, 0.4) is 0 Å². The summed E-state index contributed by atoms with van der Waals surface area (Å²) in [4.78, 5) is 15.8. The number of benzene rings is 1. The number of para-hydroxylation sites is 1. The molecule has 0 saturated carbocycles. The van der Waals surface area contributed by atoms with Gasteiger partial charge in [-0.05, 0) is 12.1 Å². The minimum absolute atomic E-state index is 0.000830. The highest BCUT2D eigenvalue weighted by molar-refractivity contribution is 7.80. The first-order valence-electron chi connectivity index (χ1n) is 5.30. The zero-order valence-corrected chi connectivity index (χ0v) is 11.3. The summed E-state index contributed by atoms with van der Waals surface area (Å²) in [6, 6.07) is 6.96. The predicted molar refractivity (Wildman–Crippen MR) is 76.0 cm³/mol. The molecule has 8 heteroatoms. The van der Waals surface area contributed by atoms with Crippen LogP contribution >= 0.6 is 23.8 Å². The van der Waals surface area contributed by atoms with Crippen molar-refractivity contribution in [2.24, 2.45) is 5.73 Å². The Bertz CT molecular complexity index is 627. The van der Waals surface area contributed by atoms with Crippen molar-refractivity contribution in [3.63, 3.8) is 0 Å². The predicted octanol–water partition coefficient (Wildman–Crippen LogP) is 1.20. The molecule has 0 aliphatic carbocycles. The SMILES string of the molecule is NC(=S)c1ncn(CC(=O)Nc2ccccc2Cl)n1. The molecule has 3 N–H and O–H groups in total. The molecule has 0 aliphatic heterocycles. The second-order valence-corrected chi connectivity index (χ2v) is 4.51. The fourth-order valence-corrected chi connectivity index (χ4v) is 1.66. The van der Waals surface area contributed by atoms with Crippen LogP contribution in [0.4, 0.5) is 5.69 Å². The fourth-order valence-electron chi connectivity index (χ4n) is 1.38. The smallest absolute Gasteiger partial charge is 0.246 e. The monoisotopic (exact) mass is 295 g/mol. The maximum absolute atomic E-state index is 11.8. The summed E-state index contributed by atoms with van der Waals surface area (Å²) in [5.74, 6) is -0.0342. The van der Waals surface area contributed by atoms with Gasteiger partial charge in [-0.15, -0.1) is 5.10 Å². The van der Waals surface area contributed by atoms with Crippen molar-refractivity contribution in [1.82, 2.24) is 14.8 Å². The van der Waals surface area contributed by atoms with Gasteiger partial charge in [0.1, 0.15) is 17.9 Å². The summed E-state index contributed by atoms with van der Waals surface area (Å²) in [6.07, 6.45) is 1.39. The van der Waals surface area contributed by atoms with Gasteiger partial charge in [0.2, 0.25) is 11.7 Å². The van der Waals surface area contributed by atoms with E-state index in [0.717, 1.165) is 0 Å². The molecule has 2 rings (SSSR count). The number of nitrogens with two attached hydrogens (primary N) is 1. The summed E-state index contributed by atoms with van der Waals surface area (Å²) in [5.41, 5.74) is 5.92. The van der Waals surface area contributed by atoms with Crippen molar-refractivity contribution >= 4 is 40.4 Å². The van der Waals surface area contributed by atoms with Crippen molar-refractivity contribution in [3.05, 3.63) is 41.4 Å². The van der Waals surface area contributed by atoms with Crippen LogP contribution in [0.15, 0.2) is 30.6 Å². The number of anilines is 1. The maximum atomic E-state index is 11.8. The Kier molecular flexibility index (Phi) is 4.08. The maximum Gasteiger partial charge on any atom is 0.246 e. The molecule has 6 nitrogen and oxygen atoms in total. The molecule has 0 saturated heterocycles. The number of hydrogen-bond donors (Lipinski definition) is 2. The van der Waals surface area contributed by atoms with Gasteiger partial charge >= 0.3 is 0 Å². The Morgan fingerprint density at radius 1 is 1.47 bits per heavy atom. The standard InChI is InChI=1S/C11H10ClN5OS/c12-7-3-1-2-4-8(7)15-9(18)5-17-6-14-11(16-17)10(13)19/h1-4,6H,5H2,(H2,13,19)(H,15,18). The summed E-state index contributed by atoms with van der Waals surface area (Å²) < 4.78 is 1.35. The van der Waals surface area contributed by atoms with Gasteiger partial charge in [-0.3, -0.25) is 4.79 Å². The highest BCUT2D eigenvalue weighted by atomic mass is 35.5. The first-order valence-corrected chi connectivity index (χ1v) is 6.08. The molecule has 0 bridgehead atoms. The molecule has 1 aromatic carbocycles. The van der Waals surface area contributed by atoms with Gasteiger partial charge in [0.05, 0.1) is 10.7 Å². The van der Waals surface area contributed by atoms with E-state index in [9.17, 15) is 4.79 Å². The van der Waals surface area contributed by atoms with Crippen LogP contribution in [0.2, 0.25) is 5.02 Å². The number of thiocarbonyl (C=S) groups is 1. The van der Waals surface area contributed by atoms with E-state index in [-0.39, 0.29) is 23.3 Å². The van der Waals surface area contributed by atoms with Gasteiger partial charge in [-0.25, -0.2) is 9.67 Å². The Balaban J connectivity index is 2.01. The number of nitrogens with one attached hydrogen (secondary N) is 1. The summed E-state index contributed by atoms with van der Waals surface area (Å²) in [5, 5.41) is 7.10. The lowest BCUT2D eigenvalue weighted by atomic mass is 10.3. The van der Waals surface area contributed by atoms with Crippen molar-refractivity contribution in [2.45, 2.75) is 6.54 Å². The van der Waals surface area contributed by atoms with E-state index in [1.54, 1.807) is 24.3 Å². The third-order valence-corrected chi connectivity index (χ3v) is 2.72. The molecule has 0 spiro atoms. The number of nitrogens with zero attached hydrogens (tertiary/aromatic N) is 3. The highest BCUT2D eigenvalue weighted by Crippen LogP contribution is 2.20. The molecule has 0 atom stereocenters. The van der Waals surface area contributed by atoms with Gasteiger partial charge in [0.25, 0.3) is 0 Å². The summed E-state index contributed by atoms with van der Waals surface area (Å²) >= 11 is 10.7. The van der Waals surface area contributed by atoms with E-state index >= 15 is 0 Å². The molecule has 1 amide bonds. The van der Waals surface area contributed by atoms with Gasteiger partial charge < -0.3 is 11.1 Å². The quantitative estimate of drug-likeness (QED) is 0.828. The van der Waals surface area contributed by atoms with Gasteiger partial charge in [0.15, 0.2) is 0 Å². The zero-order valence-electron chi connectivity index (χ0n) is 9.71. The van der Waals surface area contributed by atoms with Crippen LogP contribution in [0, 0.1) is 0 Å². The Morgan fingerprint density at radius 3 is 2.84 bits per heavy atom. The molecule has 0 radical (unpaired) electrons. The average molecular weight is 296 g/mol. The lowest BCUT2D eigenvalue weighted by Crippen LogP contribution is -2.20. The Labute approximate surface area is 119 Å². The zero-order chi connectivity index (χ0) is 13.8. The Morgan fingerprint density at radius 2 is 2.21 bits per heavy atom. The van der Waals surface area contributed by atoms with Gasteiger partial charge in [-0.2, -0.15) is 0 Å². The Hall–Kier alpha value is -1.99. The molecular weight excluding hydrogens is 286 g/mol. The molecular formula is C11H10ClN5OS. The molecule has 1 aromatic heterocycles. The second kappa shape index (κ2) is 5.77. The first kappa shape index (κ1) is 13.4. The lowest BCUT2D eigenvalue weighted by molar-refractivity contribution is -0.116. The highest BCUT2D eigenvalue weighted by Gasteiger charge is 2.09. The number of hydrogen-bond acceptors (Lipinski definition) is 4. The summed E-state index contributed by atoms with van der Waals surface area (Å²) in [7, 11) is 0.